The van der Waals surface area contributed by atoms with Crippen molar-refractivity contribution in [3.63, 3.8) is 0 Å². The summed E-state index contributed by atoms with van der Waals surface area (Å²) in [6.07, 6.45) is 2.25. The molecule has 0 radical (unpaired) electrons. The summed E-state index contributed by atoms with van der Waals surface area (Å²) >= 11 is 0. The monoisotopic (exact) mass is 188 g/mol. The van der Waals surface area contributed by atoms with Crippen molar-refractivity contribution < 1.29 is 14.6 Å². The van der Waals surface area contributed by atoms with Gasteiger partial charge in [0.2, 0.25) is 0 Å². The van der Waals surface area contributed by atoms with Crippen molar-refractivity contribution in [2.75, 3.05) is 6.61 Å². The van der Waals surface area contributed by atoms with E-state index < -0.39 is 5.60 Å². The Labute approximate surface area is 80.1 Å². The lowest BCUT2D eigenvalue weighted by Crippen LogP contribution is -2.31. The normalized spacial score (nSPS) is 15.1. The third-order valence-corrected chi connectivity index (χ3v) is 2.15. The summed E-state index contributed by atoms with van der Waals surface area (Å²) < 4.78 is 4.79. The van der Waals surface area contributed by atoms with Crippen molar-refractivity contribution in [3.8, 4) is 0 Å². The number of hydrogen-bond acceptors (Lipinski definition) is 3. The largest absolute Gasteiger partial charge is 0.466 e. The summed E-state index contributed by atoms with van der Waals surface area (Å²) in [5.74, 6) is -0.305. The summed E-state index contributed by atoms with van der Waals surface area (Å²) in [5, 5.41) is 9.92. The molecule has 0 aromatic carbocycles. The molecule has 3 heteroatoms. The van der Waals surface area contributed by atoms with Gasteiger partial charge in [0.25, 0.3) is 0 Å². The molecule has 0 spiro atoms. The highest BCUT2D eigenvalue weighted by Gasteiger charge is 2.27. The Hall–Kier alpha value is -0.570. The number of carbonyl (C=O) groups is 1. The van der Waals surface area contributed by atoms with Crippen LogP contribution in [0.3, 0.4) is 0 Å². The zero-order valence-corrected chi connectivity index (χ0v) is 8.80. The number of esters is 1. The minimum atomic E-state index is -0.860. The lowest BCUT2D eigenvalue weighted by atomic mass is 9.91. The van der Waals surface area contributed by atoms with Gasteiger partial charge in [-0.2, -0.15) is 0 Å². The number of hydrogen-bond donors (Lipinski definition) is 1. The van der Waals surface area contributed by atoms with E-state index in [2.05, 4.69) is 0 Å². The highest BCUT2D eigenvalue weighted by molar-refractivity contribution is 5.70. The van der Waals surface area contributed by atoms with Crippen LogP contribution in [0, 0.1) is 0 Å². The summed E-state index contributed by atoms with van der Waals surface area (Å²) in [5.41, 5.74) is -0.860. The summed E-state index contributed by atoms with van der Waals surface area (Å²) in [6, 6.07) is 0. The molecule has 0 rings (SSSR count). The maximum atomic E-state index is 11.1. The summed E-state index contributed by atoms with van der Waals surface area (Å²) in [6.45, 7) is 6.02. The second-order valence-electron chi connectivity index (χ2n) is 3.31. The van der Waals surface area contributed by atoms with E-state index in [1.54, 1.807) is 6.92 Å². The minimum absolute atomic E-state index is 0.116. The number of carbonyl (C=O) groups excluding carboxylic acids is 1. The van der Waals surface area contributed by atoms with Crippen LogP contribution in [0.25, 0.3) is 0 Å². The number of aliphatic hydroxyl groups is 1. The van der Waals surface area contributed by atoms with E-state index >= 15 is 0 Å². The fourth-order valence-electron chi connectivity index (χ4n) is 1.34. The third-order valence-electron chi connectivity index (χ3n) is 2.15. The Balaban J connectivity index is 4.02. The van der Waals surface area contributed by atoms with Gasteiger partial charge in [-0.25, -0.2) is 0 Å². The predicted molar refractivity (Wildman–Crippen MR) is 51.4 cm³/mol. The first-order valence-electron chi connectivity index (χ1n) is 4.96. The van der Waals surface area contributed by atoms with E-state index in [1.165, 1.54) is 0 Å². The number of ether oxygens (including phenoxy) is 1. The Morgan fingerprint density at radius 2 is 2.00 bits per heavy atom. The van der Waals surface area contributed by atoms with Gasteiger partial charge in [0, 0.05) is 0 Å². The fourth-order valence-corrected chi connectivity index (χ4v) is 1.34. The zero-order valence-electron chi connectivity index (χ0n) is 8.80. The summed E-state index contributed by atoms with van der Waals surface area (Å²) in [7, 11) is 0. The average Bonchev–Trinajstić information content (AvgIpc) is 2.05. The van der Waals surface area contributed by atoms with Gasteiger partial charge in [-0.1, -0.05) is 20.3 Å². The van der Waals surface area contributed by atoms with Crippen molar-refractivity contribution in [2.45, 2.75) is 52.1 Å². The summed E-state index contributed by atoms with van der Waals surface area (Å²) in [4.78, 5) is 11.1. The first kappa shape index (κ1) is 12.4. The Bertz CT molecular complexity index is 156. The highest BCUT2D eigenvalue weighted by atomic mass is 16.5. The zero-order chi connectivity index (χ0) is 10.3. The highest BCUT2D eigenvalue weighted by Crippen LogP contribution is 2.21. The second kappa shape index (κ2) is 5.97. The quantitative estimate of drug-likeness (QED) is 0.647. The Morgan fingerprint density at radius 1 is 1.38 bits per heavy atom. The molecule has 1 atom stereocenters. The first-order valence-corrected chi connectivity index (χ1v) is 4.96. The molecular formula is C10H20O3. The molecular weight excluding hydrogens is 168 g/mol. The van der Waals surface area contributed by atoms with Gasteiger partial charge in [0.05, 0.1) is 18.6 Å². The van der Waals surface area contributed by atoms with Gasteiger partial charge in [-0.3, -0.25) is 4.79 Å². The Kier molecular flexibility index (Phi) is 5.71. The van der Waals surface area contributed by atoms with Gasteiger partial charge in [-0.15, -0.1) is 0 Å². The van der Waals surface area contributed by atoms with Crippen LogP contribution in [0.2, 0.25) is 0 Å². The molecule has 0 saturated heterocycles. The average molecular weight is 188 g/mol. The lowest BCUT2D eigenvalue weighted by molar-refractivity contribution is -0.149. The molecule has 13 heavy (non-hydrogen) atoms. The number of rotatable bonds is 6. The van der Waals surface area contributed by atoms with Gasteiger partial charge in [0.1, 0.15) is 0 Å². The van der Waals surface area contributed by atoms with Crippen molar-refractivity contribution in [1.82, 2.24) is 0 Å². The van der Waals surface area contributed by atoms with E-state index in [0.29, 0.717) is 19.4 Å². The van der Waals surface area contributed by atoms with Crippen LogP contribution in [0.1, 0.15) is 46.5 Å². The molecule has 0 fully saturated rings. The van der Waals surface area contributed by atoms with Crippen molar-refractivity contribution in [3.05, 3.63) is 0 Å². The molecule has 0 aliphatic rings. The van der Waals surface area contributed by atoms with Crippen LogP contribution >= 0.6 is 0 Å². The molecule has 0 heterocycles. The fraction of sp³-hybridized carbons (Fsp3) is 0.900. The van der Waals surface area contributed by atoms with E-state index in [-0.39, 0.29) is 12.4 Å². The van der Waals surface area contributed by atoms with Crippen molar-refractivity contribution in [2.24, 2.45) is 0 Å². The molecule has 1 unspecified atom stereocenters. The first-order chi connectivity index (χ1) is 6.08. The van der Waals surface area contributed by atoms with Crippen LogP contribution in [0.5, 0.6) is 0 Å². The molecule has 0 aromatic heterocycles. The van der Waals surface area contributed by atoms with Gasteiger partial charge < -0.3 is 9.84 Å². The molecule has 0 aromatic rings. The van der Waals surface area contributed by atoms with Gasteiger partial charge >= 0.3 is 5.97 Å². The molecule has 0 saturated carbocycles. The van der Waals surface area contributed by atoms with Crippen molar-refractivity contribution >= 4 is 5.97 Å². The predicted octanol–water partition coefficient (Wildman–Crippen LogP) is 1.88. The second-order valence-corrected chi connectivity index (χ2v) is 3.31. The smallest absolute Gasteiger partial charge is 0.308 e. The lowest BCUT2D eigenvalue weighted by Gasteiger charge is -2.24. The van der Waals surface area contributed by atoms with Crippen LogP contribution in [-0.2, 0) is 9.53 Å². The van der Waals surface area contributed by atoms with Crippen LogP contribution < -0.4 is 0 Å². The standard InChI is InChI=1S/C10H20O3/c1-4-7-10(12,5-2)8-9(11)13-6-3/h12H,4-8H2,1-3H3. The molecule has 3 nitrogen and oxygen atoms in total. The topological polar surface area (TPSA) is 46.5 Å². The maximum Gasteiger partial charge on any atom is 0.308 e. The van der Waals surface area contributed by atoms with E-state index in [9.17, 15) is 9.90 Å². The van der Waals surface area contributed by atoms with Gasteiger partial charge in [-0.05, 0) is 19.8 Å². The maximum absolute atomic E-state index is 11.1. The van der Waals surface area contributed by atoms with Crippen LogP contribution in [0.4, 0.5) is 0 Å². The molecule has 0 aliphatic heterocycles. The van der Waals surface area contributed by atoms with E-state index in [0.717, 1.165) is 6.42 Å². The molecule has 1 N–H and O–H groups in total. The van der Waals surface area contributed by atoms with E-state index in [1.807, 2.05) is 13.8 Å². The Morgan fingerprint density at radius 3 is 2.38 bits per heavy atom. The SMILES string of the molecule is CCCC(O)(CC)CC(=O)OCC. The van der Waals surface area contributed by atoms with E-state index in [4.69, 9.17) is 4.74 Å². The molecule has 78 valence electrons. The van der Waals surface area contributed by atoms with Gasteiger partial charge in [0.15, 0.2) is 0 Å². The van der Waals surface area contributed by atoms with Crippen molar-refractivity contribution in [1.29, 1.82) is 0 Å². The molecule has 0 aliphatic carbocycles. The van der Waals surface area contributed by atoms with Crippen LogP contribution in [0.15, 0.2) is 0 Å². The van der Waals surface area contributed by atoms with Crippen LogP contribution in [-0.4, -0.2) is 23.3 Å². The minimum Gasteiger partial charge on any atom is -0.466 e. The molecule has 0 amide bonds. The molecule has 0 bridgehead atoms. The third kappa shape index (κ3) is 4.88.